The zero-order valence-corrected chi connectivity index (χ0v) is 12.1. The van der Waals surface area contributed by atoms with E-state index in [-0.39, 0.29) is 5.69 Å². The molecule has 0 amide bonds. The summed E-state index contributed by atoms with van der Waals surface area (Å²) in [6, 6.07) is 10.9. The molecule has 0 fully saturated rings. The first-order chi connectivity index (χ1) is 10.1. The average molecular weight is 284 g/mol. The van der Waals surface area contributed by atoms with Gasteiger partial charge in [0.2, 0.25) is 0 Å². The zero-order valence-electron chi connectivity index (χ0n) is 12.1. The Labute approximate surface area is 123 Å². The summed E-state index contributed by atoms with van der Waals surface area (Å²) in [7, 11) is 5.01. The fourth-order valence-electron chi connectivity index (χ4n) is 1.90. The Kier molecular flexibility index (Phi) is 4.14. The molecule has 1 aromatic heterocycles. The van der Waals surface area contributed by atoms with E-state index in [1.807, 2.05) is 36.2 Å². The van der Waals surface area contributed by atoms with E-state index in [2.05, 4.69) is 4.98 Å². The van der Waals surface area contributed by atoms with Gasteiger partial charge in [-0.3, -0.25) is 0 Å². The molecule has 108 valence electrons. The van der Waals surface area contributed by atoms with Gasteiger partial charge in [0.25, 0.3) is 0 Å². The van der Waals surface area contributed by atoms with Crippen LogP contribution in [0.15, 0.2) is 30.3 Å². The molecule has 1 heterocycles. The predicted molar refractivity (Wildman–Crippen MR) is 81.0 cm³/mol. The molecule has 0 saturated heterocycles. The Hall–Kier alpha value is -2.94. The Morgan fingerprint density at radius 1 is 1.14 bits per heavy atom. The summed E-state index contributed by atoms with van der Waals surface area (Å²) in [5.74, 6) is 1.89. The Morgan fingerprint density at radius 2 is 1.86 bits per heavy atom. The highest BCUT2D eigenvalue weighted by atomic mass is 16.5. The van der Waals surface area contributed by atoms with Crippen molar-refractivity contribution in [2.45, 2.75) is 0 Å². The van der Waals surface area contributed by atoms with Crippen LogP contribution in [0.3, 0.4) is 0 Å². The fourth-order valence-corrected chi connectivity index (χ4v) is 1.90. The van der Waals surface area contributed by atoms with Crippen LogP contribution < -0.4 is 20.1 Å². The van der Waals surface area contributed by atoms with Gasteiger partial charge in [0.15, 0.2) is 17.2 Å². The fraction of sp³-hybridized carbons (Fsp3) is 0.200. The van der Waals surface area contributed by atoms with Crippen molar-refractivity contribution < 1.29 is 9.47 Å². The molecule has 2 aromatic rings. The highest BCUT2D eigenvalue weighted by molar-refractivity contribution is 5.65. The monoisotopic (exact) mass is 284 g/mol. The third kappa shape index (κ3) is 2.82. The predicted octanol–water partition coefficient (Wildman–Crippen LogP) is 2.32. The van der Waals surface area contributed by atoms with Crippen LogP contribution in [-0.2, 0) is 0 Å². The second-order valence-corrected chi connectivity index (χ2v) is 4.32. The number of hydrogen-bond donors (Lipinski definition) is 1. The van der Waals surface area contributed by atoms with Crippen LogP contribution in [0.5, 0.6) is 11.5 Å². The van der Waals surface area contributed by atoms with Gasteiger partial charge in [0.05, 0.1) is 19.9 Å². The van der Waals surface area contributed by atoms with Crippen molar-refractivity contribution >= 4 is 17.2 Å². The number of nitrogens with two attached hydrogens (primary N) is 1. The average Bonchev–Trinajstić information content (AvgIpc) is 2.53. The minimum atomic E-state index is 0.208. The van der Waals surface area contributed by atoms with Gasteiger partial charge in [-0.05, 0) is 24.3 Å². The first-order valence-corrected chi connectivity index (χ1v) is 6.23. The minimum absolute atomic E-state index is 0.208. The number of anilines is 3. The van der Waals surface area contributed by atoms with Crippen molar-refractivity contribution in [2.75, 3.05) is 31.9 Å². The van der Waals surface area contributed by atoms with Crippen molar-refractivity contribution in [2.24, 2.45) is 0 Å². The third-order valence-electron chi connectivity index (χ3n) is 3.12. The van der Waals surface area contributed by atoms with Gasteiger partial charge in [0.1, 0.15) is 11.9 Å². The lowest BCUT2D eigenvalue weighted by molar-refractivity contribution is 0.355. The highest BCUT2D eigenvalue weighted by Crippen LogP contribution is 2.33. The first kappa shape index (κ1) is 14.5. The van der Waals surface area contributed by atoms with E-state index < -0.39 is 0 Å². The van der Waals surface area contributed by atoms with Crippen molar-refractivity contribution in [1.29, 1.82) is 5.26 Å². The molecule has 2 N–H and O–H groups in total. The number of pyridine rings is 1. The number of aromatic nitrogens is 1. The van der Waals surface area contributed by atoms with Gasteiger partial charge >= 0.3 is 0 Å². The van der Waals surface area contributed by atoms with Crippen LogP contribution in [0.25, 0.3) is 0 Å². The molecule has 6 nitrogen and oxygen atoms in total. The number of nitriles is 1. The van der Waals surface area contributed by atoms with Gasteiger partial charge in [-0.1, -0.05) is 0 Å². The Bertz CT molecular complexity index is 695. The molecular formula is C15H16N4O2. The highest BCUT2D eigenvalue weighted by Gasteiger charge is 2.11. The summed E-state index contributed by atoms with van der Waals surface area (Å²) >= 11 is 0. The largest absolute Gasteiger partial charge is 0.493 e. The van der Waals surface area contributed by atoms with Crippen LogP contribution >= 0.6 is 0 Å². The molecule has 0 unspecified atom stereocenters. The molecule has 0 saturated carbocycles. The van der Waals surface area contributed by atoms with E-state index in [1.54, 1.807) is 26.4 Å². The van der Waals surface area contributed by atoms with Crippen LogP contribution in [0.1, 0.15) is 5.69 Å². The lowest BCUT2D eigenvalue weighted by atomic mass is 10.2. The maximum atomic E-state index is 9.00. The number of rotatable bonds is 4. The third-order valence-corrected chi connectivity index (χ3v) is 3.12. The van der Waals surface area contributed by atoms with E-state index in [9.17, 15) is 0 Å². The second-order valence-electron chi connectivity index (χ2n) is 4.32. The van der Waals surface area contributed by atoms with E-state index in [0.29, 0.717) is 23.0 Å². The van der Waals surface area contributed by atoms with Crippen molar-refractivity contribution in [1.82, 2.24) is 4.98 Å². The molecule has 0 aliphatic heterocycles. The molecule has 0 bridgehead atoms. The topological polar surface area (TPSA) is 84.4 Å². The summed E-state index contributed by atoms with van der Waals surface area (Å²) in [6.45, 7) is 0. The maximum Gasteiger partial charge on any atom is 0.165 e. The lowest BCUT2D eigenvalue weighted by Crippen LogP contribution is -2.12. The van der Waals surface area contributed by atoms with E-state index >= 15 is 0 Å². The SMILES string of the molecule is COc1ccc(N(C)c2ccc(N)c(C#N)n2)cc1OC. The van der Waals surface area contributed by atoms with Crippen LogP contribution in [0, 0.1) is 11.3 Å². The number of methoxy groups -OCH3 is 2. The molecule has 0 radical (unpaired) electrons. The quantitative estimate of drug-likeness (QED) is 0.927. The Morgan fingerprint density at radius 3 is 2.48 bits per heavy atom. The molecule has 2 rings (SSSR count). The van der Waals surface area contributed by atoms with Gasteiger partial charge in [-0.15, -0.1) is 0 Å². The van der Waals surface area contributed by atoms with Crippen molar-refractivity contribution in [3.63, 3.8) is 0 Å². The molecular weight excluding hydrogens is 268 g/mol. The lowest BCUT2D eigenvalue weighted by Gasteiger charge is -2.20. The second kappa shape index (κ2) is 6.01. The van der Waals surface area contributed by atoms with Gasteiger partial charge in [-0.2, -0.15) is 5.26 Å². The van der Waals surface area contributed by atoms with Crippen LogP contribution in [0.2, 0.25) is 0 Å². The minimum Gasteiger partial charge on any atom is -0.493 e. The first-order valence-electron chi connectivity index (χ1n) is 6.23. The maximum absolute atomic E-state index is 9.00. The number of nitrogens with zero attached hydrogens (tertiary/aromatic N) is 3. The summed E-state index contributed by atoms with van der Waals surface area (Å²) in [5.41, 5.74) is 7.11. The molecule has 0 spiro atoms. The van der Waals surface area contributed by atoms with Crippen molar-refractivity contribution in [3.8, 4) is 17.6 Å². The number of ether oxygens (including phenoxy) is 2. The molecule has 0 aliphatic rings. The Balaban J connectivity index is 2.40. The van der Waals surface area contributed by atoms with Gasteiger partial charge < -0.3 is 20.1 Å². The molecule has 0 aliphatic carbocycles. The standard InChI is InChI=1S/C15H16N4O2/c1-19(15-7-5-11(17)12(9-16)18-15)10-4-6-13(20-2)14(8-10)21-3/h4-8H,17H2,1-3H3. The summed E-state index contributed by atoms with van der Waals surface area (Å²) < 4.78 is 10.5. The molecule has 21 heavy (non-hydrogen) atoms. The van der Waals surface area contributed by atoms with Gasteiger partial charge in [0, 0.05) is 18.8 Å². The van der Waals surface area contributed by atoms with Crippen LogP contribution in [-0.4, -0.2) is 26.3 Å². The van der Waals surface area contributed by atoms with Crippen LogP contribution in [0.4, 0.5) is 17.2 Å². The van der Waals surface area contributed by atoms with E-state index in [4.69, 9.17) is 20.5 Å². The normalized spacial score (nSPS) is 9.81. The summed E-state index contributed by atoms with van der Waals surface area (Å²) in [5, 5.41) is 9.00. The summed E-state index contributed by atoms with van der Waals surface area (Å²) in [6.07, 6.45) is 0. The zero-order chi connectivity index (χ0) is 15.4. The van der Waals surface area contributed by atoms with E-state index in [0.717, 1.165) is 5.69 Å². The van der Waals surface area contributed by atoms with Crippen molar-refractivity contribution in [3.05, 3.63) is 36.0 Å². The number of benzene rings is 1. The molecule has 1 aromatic carbocycles. The molecule has 6 heteroatoms. The van der Waals surface area contributed by atoms with E-state index in [1.165, 1.54) is 0 Å². The smallest absolute Gasteiger partial charge is 0.165 e. The van der Waals surface area contributed by atoms with Gasteiger partial charge in [-0.25, -0.2) is 4.98 Å². The number of nitrogen functional groups attached to an aromatic ring is 1. The molecule has 0 atom stereocenters. The number of hydrogen-bond acceptors (Lipinski definition) is 6. The summed E-state index contributed by atoms with van der Waals surface area (Å²) in [4.78, 5) is 6.07.